The van der Waals surface area contributed by atoms with Crippen LogP contribution in [0.3, 0.4) is 0 Å². The van der Waals surface area contributed by atoms with Crippen LogP contribution in [0.5, 0.6) is 0 Å². The second kappa shape index (κ2) is 13.3. The molecule has 46 heavy (non-hydrogen) atoms. The third kappa shape index (κ3) is 6.97. The van der Waals surface area contributed by atoms with Gasteiger partial charge in [-0.1, -0.05) is 37.6 Å². The molecule has 0 radical (unpaired) electrons. The molecule has 0 atom stereocenters. The maximum atomic E-state index is 14.6. The van der Waals surface area contributed by atoms with E-state index in [-0.39, 0.29) is 16.6 Å². The molecule has 6 rings (SSSR count). The number of rotatable bonds is 9. The third-order valence-electron chi connectivity index (χ3n) is 7.26. The van der Waals surface area contributed by atoms with E-state index in [1.54, 1.807) is 37.5 Å². The normalized spacial score (nSPS) is 13.7. The SMILES string of the molecule is Cc1cc(S(=O)(=O)Nc2cccc(-c3nc(C(C)C)sc3-c3ccnc(Nc4ccc(N5CCOCC5)nc4)n3)c2)c(F)cc1Cl. The number of halogens is 2. The summed E-state index contributed by atoms with van der Waals surface area (Å²) in [6.45, 7) is 8.70. The zero-order valence-electron chi connectivity index (χ0n) is 25.3. The molecule has 10 nitrogen and oxygen atoms in total. The Hall–Kier alpha value is -4.17. The third-order valence-corrected chi connectivity index (χ3v) is 10.4. The summed E-state index contributed by atoms with van der Waals surface area (Å²) in [7, 11) is -4.24. The largest absolute Gasteiger partial charge is 0.378 e. The molecule has 14 heteroatoms. The molecule has 4 heterocycles. The fourth-order valence-electron chi connectivity index (χ4n) is 4.84. The second-order valence-corrected chi connectivity index (χ2v) is 14.1. The number of sulfonamides is 1. The van der Waals surface area contributed by atoms with Crippen molar-refractivity contribution in [2.75, 3.05) is 41.2 Å². The average Bonchev–Trinajstić information content (AvgIpc) is 3.50. The minimum Gasteiger partial charge on any atom is -0.378 e. The zero-order valence-corrected chi connectivity index (χ0v) is 27.7. The number of anilines is 4. The Kier molecular flexibility index (Phi) is 9.18. The number of aryl methyl sites for hydroxylation is 1. The molecule has 0 amide bonds. The molecular weight excluding hydrogens is 649 g/mol. The van der Waals surface area contributed by atoms with Crippen molar-refractivity contribution < 1.29 is 17.5 Å². The molecular formula is C32H31ClFN7O3S2. The smallest absolute Gasteiger partial charge is 0.264 e. The highest BCUT2D eigenvalue weighted by atomic mass is 35.5. The van der Waals surface area contributed by atoms with Gasteiger partial charge < -0.3 is 15.0 Å². The number of nitrogens with one attached hydrogen (secondary N) is 2. The van der Waals surface area contributed by atoms with Gasteiger partial charge in [-0.25, -0.2) is 32.7 Å². The maximum absolute atomic E-state index is 14.6. The van der Waals surface area contributed by atoms with E-state index in [1.807, 2.05) is 24.3 Å². The number of benzene rings is 2. The van der Waals surface area contributed by atoms with Crippen LogP contribution in [0.2, 0.25) is 5.02 Å². The van der Waals surface area contributed by atoms with Gasteiger partial charge in [0.1, 0.15) is 16.5 Å². The monoisotopic (exact) mass is 679 g/mol. The van der Waals surface area contributed by atoms with Gasteiger partial charge in [-0.05, 0) is 55.0 Å². The lowest BCUT2D eigenvalue weighted by Crippen LogP contribution is -2.36. The van der Waals surface area contributed by atoms with Crippen LogP contribution in [0.4, 0.5) is 27.5 Å². The Bertz CT molecular complexity index is 1980. The molecule has 2 N–H and O–H groups in total. The first-order valence-corrected chi connectivity index (χ1v) is 17.2. The molecule has 3 aromatic heterocycles. The Balaban J connectivity index is 1.28. The highest BCUT2D eigenvalue weighted by Gasteiger charge is 2.23. The van der Waals surface area contributed by atoms with Crippen molar-refractivity contribution in [1.29, 1.82) is 0 Å². The van der Waals surface area contributed by atoms with Gasteiger partial charge >= 0.3 is 0 Å². The predicted molar refractivity (Wildman–Crippen MR) is 180 cm³/mol. The molecule has 2 aromatic carbocycles. The molecule has 1 fully saturated rings. The summed E-state index contributed by atoms with van der Waals surface area (Å²) >= 11 is 7.49. The van der Waals surface area contributed by atoms with Crippen LogP contribution < -0.4 is 14.9 Å². The lowest BCUT2D eigenvalue weighted by Gasteiger charge is -2.27. The van der Waals surface area contributed by atoms with E-state index < -0.39 is 20.7 Å². The molecule has 1 aliphatic heterocycles. The molecule has 1 saturated heterocycles. The topological polar surface area (TPSA) is 122 Å². The van der Waals surface area contributed by atoms with E-state index in [9.17, 15) is 12.8 Å². The quantitative estimate of drug-likeness (QED) is 0.166. The van der Waals surface area contributed by atoms with Gasteiger partial charge in [0.05, 0.1) is 46.4 Å². The average molecular weight is 680 g/mol. The summed E-state index contributed by atoms with van der Waals surface area (Å²) in [4.78, 5) is 21.2. The van der Waals surface area contributed by atoms with Gasteiger partial charge in [0.2, 0.25) is 5.95 Å². The first-order chi connectivity index (χ1) is 22.1. The van der Waals surface area contributed by atoms with E-state index >= 15 is 0 Å². The molecule has 0 unspecified atom stereocenters. The highest BCUT2D eigenvalue weighted by molar-refractivity contribution is 7.92. The Morgan fingerprint density at radius 1 is 1.02 bits per heavy atom. The standard InChI is InChI=1S/C32H31ClFN7O3S2/c1-19(2)31-39-29(21-5-4-6-22(16-21)40-46(42,43)27-15-20(3)24(33)17-25(27)34)30(45-31)26-9-10-35-32(38-26)37-23-7-8-28(36-18-23)41-11-13-44-14-12-41/h4-10,15-19,40H,11-14H2,1-3H3,(H,35,37,38). The van der Waals surface area contributed by atoms with Crippen molar-refractivity contribution in [1.82, 2.24) is 19.9 Å². The van der Waals surface area contributed by atoms with Gasteiger partial charge in [-0.2, -0.15) is 0 Å². The van der Waals surface area contributed by atoms with Crippen LogP contribution in [0.15, 0.2) is 71.9 Å². The summed E-state index contributed by atoms with van der Waals surface area (Å²) in [6.07, 6.45) is 3.42. The van der Waals surface area contributed by atoms with Gasteiger partial charge in [0, 0.05) is 41.5 Å². The molecule has 0 saturated carbocycles. The van der Waals surface area contributed by atoms with Gasteiger partial charge in [0.15, 0.2) is 0 Å². The van der Waals surface area contributed by atoms with Gasteiger partial charge in [0.25, 0.3) is 10.0 Å². The number of ether oxygens (including phenoxy) is 1. The molecule has 0 aliphatic carbocycles. The van der Waals surface area contributed by atoms with E-state index in [0.29, 0.717) is 41.7 Å². The number of aromatic nitrogens is 4. The van der Waals surface area contributed by atoms with E-state index in [2.05, 4.69) is 38.8 Å². The van der Waals surface area contributed by atoms with Crippen LogP contribution >= 0.6 is 22.9 Å². The second-order valence-electron chi connectivity index (χ2n) is 11.0. The van der Waals surface area contributed by atoms with Crippen LogP contribution in [-0.4, -0.2) is 54.7 Å². The summed E-state index contributed by atoms with van der Waals surface area (Å²) in [6, 6.07) is 14.7. The summed E-state index contributed by atoms with van der Waals surface area (Å²) in [5, 5.41) is 4.28. The van der Waals surface area contributed by atoms with Crippen molar-refractivity contribution in [2.24, 2.45) is 0 Å². The maximum Gasteiger partial charge on any atom is 0.264 e. The summed E-state index contributed by atoms with van der Waals surface area (Å²) < 4.78 is 48.9. The molecule has 1 aliphatic rings. The molecule has 5 aromatic rings. The minimum atomic E-state index is -4.24. The van der Waals surface area contributed by atoms with Crippen molar-refractivity contribution in [2.45, 2.75) is 31.6 Å². The van der Waals surface area contributed by atoms with E-state index in [4.69, 9.17) is 26.3 Å². The number of morpholine rings is 1. The number of nitrogens with zero attached hydrogens (tertiary/aromatic N) is 5. The van der Waals surface area contributed by atoms with Crippen LogP contribution in [0.25, 0.3) is 21.8 Å². The van der Waals surface area contributed by atoms with Gasteiger partial charge in [-0.3, -0.25) is 4.72 Å². The summed E-state index contributed by atoms with van der Waals surface area (Å²) in [5.41, 5.74) is 3.41. The fraction of sp³-hybridized carbons (Fsp3) is 0.250. The number of pyridine rings is 1. The number of thiazole rings is 1. The first kappa shape index (κ1) is 31.8. The summed E-state index contributed by atoms with van der Waals surface area (Å²) in [5.74, 6) is 0.494. The van der Waals surface area contributed by atoms with Crippen LogP contribution in [0, 0.1) is 12.7 Å². The lowest BCUT2D eigenvalue weighted by molar-refractivity contribution is 0.122. The minimum absolute atomic E-state index is 0.144. The van der Waals surface area contributed by atoms with E-state index in [1.165, 1.54) is 17.4 Å². The van der Waals surface area contributed by atoms with Crippen LogP contribution in [-0.2, 0) is 14.8 Å². The van der Waals surface area contributed by atoms with Gasteiger partial charge in [-0.15, -0.1) is 11.3 Å². The number of hydrogen-bond donors (Lipinski definition) is 2. The Labute approximate surface area is 275 Å². The lowest BCUT2D eigenvalue weighted by atomic mass is 10.1. The van der Waals surface area contributed by atoms with Crippen molar-refractivity contribution in [3.8, 4) is 21.8 Å². The van der Waals surface area contributed by atoms with Crippen molar-refractivity contribution >= 4 is 56.1 Å². The zero-order chi connectivity index (χ0) is 32.4. The first-order valence-electron chi connectivity index (χ1n) is 14.6. The van der Waals surface area contributed by atoms with Crippen molar-refractivity contribution in [3.05, 3.63) is 88.4 Å². The Morgan fingerprint density at radius 3 is 2.57 bits per heavy atom. The molecule has 238 valence electrons. The number of hydrogen-bond acceptors (Lipinski definition) is 10. The predicted octanol–water partition coefficient (Wildman–Crippen LogP) is 7.27. The highest BCUT2D eigenvalue weighted by Crippen LogP contribution is 2.39. The molecule has 0 bridgehead atoms. The Morgan fingerprint density at radius 2 is 1.83 bits per heavy atom. The van der Waals surface area contributed by atoms with Crippen LogP contribution in [0.1, 0.15) is 30.3 Å². The molecule has 0 spiro atoms. The van der Waals surface area contributed by atoms with E-state index in [0.717, 1.165) is 40.5 Å². The van der Waals surface area contributed by atoms with Crippen molar-refractivity contribution in [3.63, 3.8) is 0 Å². The fourth-order valence-corrected chi connectivity index (χ4v) is 7.25.